The molecule has 0 heterocycles. The monoisotopic (exact) mass is 257 g/mol. The molecule has 0 aliphatic rings. The van der Waals surface area contributed by atoms with Gasteiger partial charge >= 0.3 is 0 Å². The Hall–Kier alpha value is -1.59. The van der Waals surface area contributed by atoms with Crippen LogP contribution < -0.4 is 16.8 Å². The molecule has 1 aromatic carbocycles. The predicted octanol–water partition coefficient (Wildman–Crippen LogP) is 0.171. The molecule has 0 radical (unpaired) electrons. The van der Waals surface area contributed by atoms with Crippen LogP contribution in [0.5, 0.6) is 0 Å². The highest BCUT2D eigenvalue weighted by Crippen LogP contribution is 2.03. The Morgan fingerprint density at radius 1 is 1.29 bits per heavy atom. The lowest BCUT2D eigenvalue weighted by molar-refractivity contribution is -0.122. The van der Waals surface area contributed by atoms with Crippen molar-refractivity contribution >= 4 is 24.2 Å². The molecular weight excluding hydrogens is 242 g/mol. The third kappa shape index (κ3) is 4.84. The summed E-state index contributed by atoms with van der Waals surface area (Å²) in [4.78, 5) is 22.0. The quantitative estimate of drug-likeness (QED) is 0.717. The Morgan fingerprint density at radius 3 is 2.24 bits per heavy atom. The Bertz CT molecular complexity index is 390. The van der Waals surface area contributed by atoms with Gasteiger partial charge < -0.3 is 16.8 Å². The van der Waals surface area contributed by atoms with Crippen molar-refractivity contribution in [3.63, 3.8) is 0 Å². The van der Waals surface area contributed by atoms with Gasteiger partial charge in [0.2, 0.25) is 11.8 Å². The Kier molecular flexibility index (Phi) is 6.23. The molecule has 5 nitrogen and oxygen atoms in total. The summed E-state index contributed by atoms with van der Waals surface area (Å²) in [5.41, 5.74) is 11.8. The van der Waals surface area contributed by atoms with Gasteiger partial charge in [-0.1, -0.05) is 12.1 Å². The van der Waals surface area contributed by atoms with E-state index in [0.29, 0.717) is 12.1 Å². The number of primary amides is 1. The molecule has 6 heteroatoms. The second kappa shape index (κ2) is 6.88. The molecular formula is C11H16ClN3O2. The molecule has 0 spiro atoms. The van der Waals surface area contributed by atoms with Crippen molar-refractivity contribution < 1.29 is 9.59 Å². The molecule has 0 aliphatic heterocycles. The van der Waals surface area contributed by atoms with Crippen LogP contribution >= 0.6 is 12.4 Å². The van der Waals surface area contributed by atoms with Gasteiger partial charge in [-0.2, -0.15) is 0 Å². The van der Waals surface area contributed by atoms with Gasteiger partial charge in [-0.05, 0) is 24.6 Å². The van der Waals surface area contributed by atoms with E-state index < -0.39 is 11.9 Å². The first-order valence-electron chi connectivity index (χ1n) is 4.92. The zero-order valence-electron chi connectivity index (χ0n) is 9.47. The van der Waals surface area contributed by atoms with E-state index in [2.05, 4.69) is 5.32 Å². The Labute approximate surface area is 106 Å². The third-order valence-corrected chi connectivity index (χ3v) is 2.12. The van der Waals surface area contributed by atoms with Crippen LogP contribution in [0.15, 0.2) is 24.3 Å². The Morgan fingerprint density at radius 2 is 1.82 bits per heavy atom. The second-order valence-corrected chi connectivity index (χ2v) is 3.57. The Balaban J connectivity index is 0.00000256. The summed E-state index contributed by atoms with van der Waals surface area (Å²) in [6.07, 6.45) is 0. The fourth-order valence-corrected chi connectivity index (χ4v) is 1.14. The minimum absolute atomic E-state index is 0. The topological polar surface area (TPSA) is 98.2 Å². The molecule has 94 valence electrons. The number of halogens is 1. The minimum atomic E-state index is -0.523. The maximum Gasteiger partial charge on any atom is 0.248 e. The van der Waals surface area contributed by atoms with Gasteiger partial charge in [0.25, 0.3) is 0 Å². The molecule has 0 saturated carbocycles. The lowest BCUT2D eigenvalue weighted by atomic mass is 10.1. The number of carbonyl (C=O) groups excluding carboxylic acids is 2. The van der Waals surface area contributed by atoms with Crippen LogP contribution in [0.25, 0.3) is 0 Å². The van der Waals surface area contributed by atoms with Crippen molar-refractivity contribution in [2.24, 2.45) is 11.5 Å². The minimum Gasteiger partial charge on any atom is -0.366 e. The normalized spacial score (nSPS) is 11.2. The van der Waals surface area contributed by atoms with E-state index in [0.717, 1.165) is 5.56 Å². The van der Waals surface area contributed by atoms with E-state index in [1.54, 1.807) is 31.2 Å². The zero-order valence-corrected chi connectivity index (χ0v) is 10.3. The van der Waals surface area contributed by atoms with Gasteiger partial charge in [-0.15, -0.1) is 12.4 Å². The lowest BCUT2D eigenvalue weighted by Gasteiger charge is -2.07. The summed E-state index contributed by atoms with van der Waals surface area (Å²) in [5.74, 6) is -0.676. The molecule has 0 unspecified atom stereocenters. The number of carbonyl (C=O) groups is 2. The van der Waals surface area contributed by atoms with Crippen molar-refractivity contribution in [1.29, 1.82) is 0 Å². The molecule has 1 rings (SSSR count). The first kappa shape index (κ1) is 15.4. The van der Waals surface area contributed by atoms with E-state index in [1.165, 1.54) is 0 Å². The number of benzene rings is 1. The fourth-order valence-electron chi connectivity index (χ4n) is 1.14. The number of nitrogens with one attached hydrogen (secondary N) is 1. The molecule has 0 aromatic heterocycles. The molecule has 0 aliphatic carbocycles. The van der Waals surface area contributed by atoms with Gasteiger partial charge in [-0.3, -0.25) is 9.59 Å². The van der Waals surface area contributed by atoms with Crippen molar-refractivity contribution in [3.8, 4) is 0 Å². The molecule has 1 atom stereocenters. The number of amides is 2. The van der Waals surface area contributed by atoms with Gasteiger partial charge in [0.1, 0.15) is 0 Å². The van der Waals surface area contributed by atoms with Crippen molar-refractivity contribution in [3.05, 3.63) is 35.4 Å². The van der Waals surface area contributed by atoms with Gasteiger partial charge in [0, 0.05) is 12.1 Å². The van der Waals surface area contributed by atoms with Crippen LogP contribution in [0.4, 0.5) is 0 Å². The second-order valence-electron chi connectivity index (χ2n) is 3.57. The van der Waals surface area contributed by atoms with Crippen LogP contribution in [-0.2, 0) is 11.3 Å². The van der Waals surface area contributed by atoms with Gasteiger partial charge in [-0.25, -0.2) is 0 Å². The molecule has 5 N–H and O–H groups in total. The first-order chi connectivity index (χ1) is 7.50. The lowest BCUT2D eigenvalue weighted by Crippen LogP contribution is -2.37. The average molecular weight is 258 g/mol. The van der Waals surface area contributed by atoms with Crippen LogP contribution in [0, 0.1) is 0 Å². The molecule has 0 bridgehead atoms. The smallest absolute Gasteiger partial charge is 0.248 e. The van der Waals surface area contributed by atoms with E-state index in [4.69, 9.17) is 11.5 Å². The SMILES string of the molecule is C[C@H](N)C(=O)NCc1ccc(C(N)=O)cc1.Cl. The van der Waals surface area contributed by atoms with Crippen LogP contribution in [-0.4, -0.2) is 17.9 Å². The summed E-state index contributed by atoms with van der Waals surface area (Å²) >= 11 is 0. The van der Waals surface area contributed by atoms with Crippen molar-refractivity contribution in [2.45, 2.75) is 19.5 Å². The van der Waals surface area contributed by atoms with E-state index in [1.807, 2.05) is 0 Å². The van der Waals surface area contributed by atoms with Crippen molar-refractivity contribution in [2.75, 3.05) is 0 Å². The molecule has 1 aromatic rings. The molecule has 0 saturated heterocycles. The highest BCUT2D eigenvalue weighted by molar-refractivity contribution is 5.92. The highest BCUT2D eigenvalue weighted by Gasteiger charge is 2.06. The van der Waals surface area contributed by atoms with E-state index in [-0.39, 0.29) is 18.3 Å². The van der Waals surface area contributed by atoms with E-state index >= 15 is 0 Å². The summed E-state index contributed by atoms with van der Waals surface area (Å²) in [5, 5.41) is 2.67. The highest BCUT2D eigenvalue weighted by atomic mass is 35.5. The molecule has 2 amide bonds. The number of hydrogen-bond donors (Lipinski definition) is 3. The summed E-state index contributed by atoms with van der Waals surface area (Å²) < 4.78 is 0. The number of nitrogens with two attached hydrogens (primary N) is 2. The average Bonchev–Trinajstić information content (AvgIpc) is 2.26. The summed E-state index contributed by atoms with van der Waals surface area (Å²) in [6.45, 7) is 2.00. The predicted molar refractivity (Wildman–Crippen MR) is 67.7 cm³/mol. The summed E-state index contributed by atoms with van der Waals surface area (Å²) in [6, 6.07) is 6.19. The zero-order chi connectivity index (χ0) is 12.1. The number of hydrogen-bond acceptors (Lipinski definition) is 3. The number of rotatable bonds is 4. The standard InChI is InChI=1S/C11H15N3O2.ClH/c1-7(12)11(16)14-6-8-2-4-9(5-3-8)10(13)15;/h2-5,7H,6,12H2,1H3,(H2,13,15)(H,14,16);1H/t7-;/m0./s1. The van der Waals surface area contributed by atoms with Crippen molar-refractivity contribution in [1.82, 2.24) is 5.32 Å². The summed E-state index contributed by atoms with van der Waals surface area (Å²) in [7, 11) is 0. The maximum absolute atomic E-state index is 11.2. The van der Waals surface area contributed by atoms with Gasteiger partial charge in [0.05, 0.1) is 6.04 Å². The fraction of sp³-hybridized carbons (Fsp3) is 0.273. The third-order valence-electron chi connectivity index (χ3n) is 2.12. The van der Waals surface area contributed by atoms with Gasteiger partial charge in [0.15, 0.2) is 0 Å². The van der Waals surface area contributed by atoms with Crippen LogP contribution in [0.1, 0.15) is 22.8 Å². The first-order valence-corrected chi connectivity index (χ1v) is 4.92. The maximum atomic E-state index is 11.2. The van der Waals surface area contributed by atoms with E-state index in [9.17, 15) is 9.59 Å². The van der Waals surface area contributed by atoms with Crippen LogP contribution in [0.2, 0.25) is 0 Å². The molecule has 17 heavy (non-hydrogen) atoms. The van der Waals surface area contributed by atoms with Crippen LogP contribution in [0.3, 0.4) is 0 Å². The molecule has 0 fully saturated rings. The largest absolute Gasteiger partial charge is 0.366 e.